The minimum Gasteiger partial charge on any atom is -0.311 e. The molecule has 0 aromatic heterocycles. The van der Waals surface area contributed by atoms with Crippen molar-refractivity contribution in [3.05, 3.63) is 35.9 Å². The van der Waals surface area contributed by atoms with E-state index in [0.717, 1.165) is 5.56 Å². The fourth-order valence-corrected chi connectivity index (χ4v) is 3.78. The third kappa shape index (κ3) is 4.15. The fraction of sp³-hybridized carbons (Fsp3) is 0.571. The molecule has 5 heteroatoms. The third-order valence-corrected chi connectivity index (χ3v) is 5.65. The van der Waals surface area contributed by atoms with Crippen LogP contribution < -0.4 is 5.32 Å². The van der Waals surface area contributed by atoms with Gasteiger partial charge in [-0.3, -0.25) is 9.88 Å². The van der Waals surface area contributed by atoms with Gasteiger partial charge in [0, 0.05) is 20.3 Å². The molecule has 0 aliphatic heterocycles. The van der Waals surface area contributed by atoms with E-state index in [-0.39, 0.29) is 17.7 Å². The van der Waals surface area contributed by atoms with Gasteiger partial charge in [0.1, 0.15) is 5.78 Å². The summed E-state index contributed by atoms with van der Waals surface area (Å²) < 4.78 is 22.8. The van der Waals surface area contributed by atoms with Crippen LogP contribution in [0.25, 0.3) is 0 Å². The average Bonchev–Trinajstić information content (AvgIpc) is 2.44. The van der Waals surface area contributed by atoms with Crippen LogP contribution in [0.3, 0.4) is 0 Å². The summed E-state index contributed by atoms with van der Waals surface area (Å²) in [5.41, 5.74) is 1.15. The van der Waals surface area contributed by atoms with Crippen LogP contribution >= 0.6 is 7.60 Å². The van der Waals surface area contributed by atoms with Crippen molar-refractivity contribution in [1.82, 2.24) is 5.32 Å². The summed E-state index contributed by atoms with van der Waals surface area (Å²) in [6.07, 6.45) is 0. The Morgan fingerprint density at radius 2 is 1.58 bits per heavy atom. The molecule has 0 aliphatic carbocycles. The maximum Gasteiger partial charge on any atom is 0.347 e. The second-order valence-corrected chi connectivity index (χ2v) is 7.26. The molecule has 0 bridgehead atoms. The number of rotatable bonds is 7. The van der Waals surface area contributed by atoms with Gasteiger partial charge in [-0.1, -0.05) is 44.2 Å². The van der Waals surface area contributed by atoms with Gasteiger partial charge in [0.2, 0.25) is 0 Å². The molecule has 0 saturated heterocycles. The lowest BCUT2D eigenvalue weighted by Crippen LogP contribution is -2.36. The van der Waals surface area contributed by atoms with Crippen LogP contribution in [0, 0.1) is 5.92 Å². The van der Waals surface area contributed by atoms with Gasteiger partial charge >= 0.3 is 7.60 Å². The zero-order valence-electron chi connectivity index (χ0n) is 12.3. The molecule has 4 nitrogen and oxygen atoms in total. The van der Waals surface area contributed by atoms with Gasteiger partial charge in [-0.15, -0.1) is 0 Å². The minimum atomic E-state index is -3.13. The Kier molecular flexibility index (Phi) is 6.21. The fourth-order valence-electron chi connectivity index (χ4n) is 2.04. The van der Waals surface area contributed by atoms with Crippen molar-refractivity contribution in [3.63, 3.8) is 0 Å². The van der Waals surface area contributed by atoms with Crippen molar-refractivity contribution in [3.8, 4) is 0 Å². The molecule has 1 rings (SSSR count). The maximum atomic E-state index is 12.6. The quantitative estimate of drug-likeness (QED) is 0.774. The van der Waals surface area contributed by atoms with Gasteiger partial charge in [0.25, 0.3) is 0 Å². The smallest absolute Gasteiger partial charge is 0.311 e. The lowest BCUT2D eigenvalue weighted by molar-refractivity contribution is 0.243. The molecule has 19 heavy (non-hydrogen) atoms. The zero-order chi connectivity index (χ0) is 14.5. The molecule has 0 aliphatic rings. The largest absolute Gasteiger partial charge is 0.347 e. The molecule has 0 heterocycles. The van der Waals surface area contributed by atoms with Crippen LogP contribution in [0.1, 0.15) is 32.4 Å². The van der Waals surface area contributed by atoms with Gasteiger partial charge in [0.15, 0.2) is 0 Å². The van der Waals surface area contributed by atoms with Crippen LogP contribution in [-0.2, 0) is 13.6 Å². The van der Waals surface area contributed by atoms with E-state index in [1.54, 1.807) is 0 Å². The van der Waals surface area contributed by atoms with E-state index >= 15 is 0 Å². The van der Waals surface area contributed by atoms with Crippen LogP contribution in [0.5, 0.6) is 0 Å². The summed E-state index contributed by atoms with van der Waals surface area (Å²) in [5, 5.41) is 3.36. The summed E-state index contributed by atoms with van der Waals surface area (Å²) >= 11 is 0. The predicted molar refractivity (Wildman–Crippen MR) is 78.2 cm³/mol. The highest BCUT2D eigenvalue weighted by Gasteiger charge is 2.37. The Labute approximate surface area is 116 Å². The number of hydrogen-bond donors (Lipinski definition) is 1. The average molecular weight is 285 g/mol. The second-order valence-electron chi connectivity index (χ2n) is 4.89. The Hall–Kier alpha value is -0.670. The molecule has 1 aromatic carbocycles. The molecule has 0 unspecified atom stereocenters. The first-order chi connectivity index (χ1) is 8.94. The van der Waals surface area contributed by atoms with Crippen molar-refractivity contribution in [2.75, 3.05) is 14.2 Å². The normalized spacial score (nSPS) is 15.5. The van der Waals surface area contributed by atoms with Gasteiger partial charge in [-0.05, 0) is 18.4 Å². The van der Waals surface area contributed by atoms with E-state index in [1.807, 2.05) is 51.1 Å². The first kappa shape index (κ1) is 16.4. The molecular formula is C14H24NO3P. The molecule has 0 amide bonds. The van der Waals surface area contributed by atoms with Crippen molar-refractivity contribution >= 4 is 7.60 Å². The monoisotopic (exact) mass is 285 g/mol. The van der Waals surface area contributed by atoms with Crippen molar-refractivity contribution in [1.29, 1.82) is 0 Å². The molecule has 0 fully saturated rings. The molecule has 2 atom stereocenters. The molecule has 1 N–H and O–H groups in total. The number of benzene rings is 1. The standard InChI is InChI=1S/C14H24NO3P/c1-11(2)14(19(16,17-4)18-5)15-12(3)13-9-7-6-8-10-13/h6-12,14-15H,1-5H3/t12-,14+/m1/s1. The van der Waals surface area contributed by atoms with Crippen molar-refractivity contribution < 1.29 is 13.6 Å². The van der Waals surface area contributed by atoms with Crippen molar-refractivity contribution in [2.24, 2.45) is 5.92 Å². The highest BCUT2D eigenvalue weighted by atomic mass is 31.2. The summed E-state index contributed by atoms with van der Waals surface area (Å²) in [6.45, 7) is 6.04. The summed E-state index contributed by atoms with van der Waals surface area (Å²) in [5.74, 6) is -0.199. The van der Waals surface area contributed by atoms with Gasteiger partial charge in [-0.25, -0.2) is 0 Å². The highest BCUT2D eigenvalue weighted by molar-refractivity contribution is 7.54. The number of hydrogen-bond acceptors (Lipinski definition) is 4. The molecule has 108 valence electrons. The van der Waals surface area contributed by atoms with Gasteiger partial charge in [0.05, 0.1) is 0 Å². The first-order valence-electron chi connectivity index (χ1n) is 6.46. The predicted octanol–water partition coefficient (Wildman–Crippen LogP) is 3.81. The Balaban J connectivity index is 2.89. The second kappa shape index (κ2) is 7.20. The molecule has 0 radical (unpaired) electrons. The lowest BCUT2D eigenvalue weighted by atomic mass is 10.1. The van der Waals surface area contributed by atoms with E-state index < -0.39 is 7.60 Å². The van der Waals surface area contributed by atoms with Crippen molar-refractivity contribution in [2.45, 2.75) is 32.6 Å². The summed E-state index contributed by atoms with van der Waals surface area (Å²) in [7, 11) is -0.283. The molecule has 0 saturated carbocycles. The van der Waals surface area contributed by atoms with E-state index in [1.165, 1.54) is 14.2 Å². The maximum absolute atomic E-state index is 12.6. The molecular weight excluding hydrogens is 261 g/mol. The van der Waals surface area contributed by atoms with Crippen LogP contribution in [0.2, 0.25) is 0 Å². The Morgan fingerprint density at radius 3 is 2.00 bits per heavy atom. The van der Waals surface area contributed by atoms with E-state index in [9.17, 15) is 4.57 Å². The van der Waals surface area contributed by atoms with Gasteiger partial charge < -0.3 is 9.05 Å². The third-order valence-electron chi connectivity index (χ3n) is 3.20. The van der Waals surface area contributed by atoms with Crippen LogP contribution in [0.15, 0.2) is 30.3 Å². The van der Waals surface area contributed by atoms with Crippen LogP contribution in [0.4, 0.5) is 0 Å². The van der Waals surface area contributed by atoms with E-state index in [2.05, 4.69) is 5.32 Å². The molecule has 1 aromatic rings. The molecule has 0 spiro atoms. The summed E-state index contributed by atoms with van der Waals surface area (Å²) in [4.78, 5) is 0. The Morgan fingerprint density at radius 1 is 1.05 bits per heavy atom. The van der Waals surface area contributed by atoms with Crippen LogP contribution in [-0.4, -0.2) is 20.0 Å². The van der Waals surface area contributed by atoms with E-state index in [4.69, 9.17) is 9.05 Å². The Bertz CT molecular complexity index is 414. The number of nitrogens with one attached hydrogen (secondary N) is 1. The lowest BCUT2D eigenvalue weighted by Gasteiger charge is -2.31. The van der Waals surface area contributed by atoms with E-state index in [0.29, 0.717) is 0 Å². The van der Waals surface area contributed by atoms with Gasteiger partial charge in [-0.2, -0.15) is 0 Å². The minimum absolute atomic E-state index is 0.0761. The highest BCUT2D eigenvalue weighted by Crippen LogP contribution is 2.53. The summed E-state index contributed by atoms with van der Waals surface area (Å²) in [6, 6.07) is 10.1. The zero-order valence-corrected chi connectivity index (χ0v) is 13.2. The topological polar surface area (TPSA) is 47.6 Å². The SMILES string of the molecule is COP(=O)(OC)[C@H](N[C@H](C)c1ccccc1)C(C)C. The first-order valence-corrected chi connectivity index (χ1v) is 8.08.